The monoisotopic (exact) mass is 305 g/mol. The molecular weight excluding hydrogens is 293 g/mol. The Kier molecular flexibility index (Phi) is 2.94. The van der Waals surface area contributed by atoms with Crippen molar-refractivity contribution >= 4 is 26.6 Å². The van der Waals surface area contributed by atoms with E-state index in [9.17, 15) is 12.8 Å². The number of hydrogen-bond donors (Lipinski definition) is 2. The van der Waals surface area contributed by atoms with Crippen LogP contribution in [0.3, 0.4) is 0 Å². The first-order chi connectivity index (χ1) is 9.86. The van der Waals surface area contributed by atoms with Crippen molar-refractivity contribution in [2.75, 3.05) is 12.0 Å². The maximum atomic E-state index is 13.2. The largest absolute Gasteiger partial charge is 0.396 e. The molecule has 0 aliphatic rings. The number of benzene rings is 2. The Labute approximate surface area is 120 Å². The summed E-state index contributed by atoms with van der Waals surface area (Å²) in [4.78, 5) is 7.48. The molecule has 1 heterocycles. The predicted octanol–water partition coefficient (Wildman–Crippen LogP) is 2.35. The van der Waals surface area contributed by atoms with Gasteiger partial charge in [-0.2, -0.15) is 0 Å². The first-order valence-electron chi connectivity index (χ1n) is 6.10. The van der Waals surface area contributed by atoms with Crippen LogP contribution in [-0.4, -0.2) is 24.6 Å². The molecule has 3 aromatic rings. The molecule has 0 saturated carbocycles. The number of nitrogens with one attached hydrogen (secondary N) is 1. The lowest BCUT2D eigenvalue weighted by Crippen LogP contribution is -1.97. The van der Waals surface area contributed by atoms with Crippen LogP contribution in [0, 0.1) is 5.82 Å². The zero-order valence-corrected chi connectivity index (χ0v) is 11.9. The minimum Gasteiger partial charge on any atom is -0.396 e. The highest BCUT2D eigenvalue weighted by molar-refractivity contribution is 7.91. The molecule has 0 aliphatic heterocycles. The maximum Gasteiger partial charge on any atom is 0.177 e. The van der Waals surface area contributed by atoms with Crippen molar-refractivity contribution in [2.24, 2.45) is 0 Å². The zero-order valence-electron chi connectivity index (χ0n) is 11.1. The Morgan fingerprint density at radius 2 is 2.00 bits per heavy atom. The van der Waals surface area contributed by atoms with Crippen LogP contribution in [-0.2, 0) is 9.84 Å². The van der Waals surface area contributed by atoms with Gasteiger partial charge in [0.1, 0.15) is 17.2 Å². The maximum absolute atomic E-state index is 13.2. The van der Waals surface area contributed by atoms with Gasteiger partial charge in [0.15, 0.2) is 9.84 Å². The normalized spacial score (nSPS) is 11.9. The minimum atomic E-state index is -3.38. The van der Waals surface area contributed by atoms with E-state index in [-0.39, 0.29) is 10.6 Å². The average Bonchev–Trinajstić information content (AvgIpc) is 2.84. The number of H-pyrrole nitrogens is 1. The quantitative estimate of drug-likeness (QED) is 0.711. The van der Waals surface area contributed by atoms with Gasteiger partial charge < -0.3 is 10.7 Å². The van der Waals surface area contributed by atoms with Crippen LogP contribution in [0.1, 0.15) is 0 Å². The fraction of sp³-hybridized carbons (Fsp3) is 0.0714. The minimum absolute atomic E-state index is 0.0105. The number of fused-ring (bicyclic) bond motifs is 1. The van der Waals surface area contributed by atoms with Crippen molar-refractivity contribution in [1.29, 1.82) is 0 Å². The summed E-state index contributed by atoms with van der Waals surface area (Å²) in [6.07, 6.45) is 1.13. The zero-order chi connectivity index (χ0) is 15.2. The molecule has 7 heteroatoms. The van der Waals surface area contributed by atoms with Crippen molar-refractivity contribution in [1.82, 2.24) is 9.97 Å². The fourth-order valence-electron chi connectivity index (χ4n) is 2.13. The fourth-order valence-corrected chi connectivity index (χ4v) is 2.97. The lowest BCUT2D eigenvalue weighted by atomic mass is 10.2. The van der Waals surface area contributed by atoms with Crippen LogP contribution in [0.5, 0.6) is 0 Å². The standard InChI is InChI=1S/C14H12FN3O2S/c1-21(19,20)12-4-2-3-11-13(12)18-14(17-11)8-5-6-9(15)10(16)7-8/h2-7H,16H2,1H3,(H,17,18). The molecule has 0 aliphatic carbocycles. The third-order valence-corrected chi connectivity index (χ3v) is 4.27. The topological polar surface area (TPSA) is 88.8 Å². The summed E-state index contributed by atoms with van der Waals surface area (Å²) >= 11 is 0. The molecule has 0 amide bonds. The molecule has 108 valence electrons. The van der Waals surface area contributed by atoms with Crippen LogP contribution in [0.4, 0.5) is 10.1 Å². The second-order valence-electron chi connectivity index (χ2n) is 4.75. The Balaban J connectivity index is 2.24. The van der Waals surface area contributed by atoms with Gasteiger partial charge in [0.2, 0.25) is 0 Å². The highest BCUT2D eigenvalue weighted by Crippen LogP contribution is 2.26. The van der Waals surface area contributed by atoms with Gasteiger partial charge in [-0.15, -0.1) is 0 Å². The first kappa shape index (κ1) is 13.6. The summed E-state index contributed by atoms with van der Waals surface area (Å²) in [6, 6.07) is 9.10. The molecule has 0 spiro atoms. The molecule has 0 unspecified atom stereocenters. The van der Waals surface area contributed by atoms with Crippen LogP contribution < -0.4 is 5.73 Å². The molecule has 0 fully saturated rings. The Morgan fingerprint density at radius 1 is 1.24 bits per heavy atom. The van der Waals surface area contributed by atoms with E-state index in [0.29, 0.717) is 22.4 Å². The smallest absolute Gasteiger partial charge is 0.177 e. The lowest BCUT2D eigenvalue weighted by molar-refractivity contribution is 0.602. The summed E-state index contributed by atoms with van der Waals surface area (Å²) in [7, 11) is -3.38. The number of aromatic amines is 1. The molecule has 0 bridgehead atoms. The van der Waals surface area contributed by atoms with Crippen molar-refractivity contribution < 1.29 is 12.8 Å². The van der Waals surface area contributed by atoms with E-state index in [0.717, 1.165) is 6.26 Å². The van der Waals surface area contributed by atoms with Crippen molar-refractivity contribution in [3.05, 3.63) is 42.2 Å². The summed E-state index contributed by atoms with van der Waals surface area (Å²) in [5.41, 5.74) is 7.09. The van der Waals surface area contributed by atoms with Gasteiger partial charge in [-0.1, -0.05) is 6.07 Å². The predicted molar refractivity (Wildman–Crippen MR) is 79.0 cm³/mol. The Morgan fingerprint density at radius 3 is 2.67 bits per heavy atom. The van der Waals surface area contributed by atoms with Crippen molar-refractivity contribution in [3.63, 3.8) is 0 Å². The Hall–Kier alpha value is -2.41. The van der Waals surface area contributed by atoms with Crippen molar-refractivity contribution in [3.8, 4) is 11.4 Å². The van der Waals surface area contributed by atoms with Gasteiger partial charge in [-0.25, -0.2) is 17.8 Å². The number of sulfone groups is 1. The number of nitrogens with zero attached hydrogens (tertiary/aromatic N) is 1. The third kappa shape index (κ3) is 2.36. The van der Waals surface area contributed by atoms with E-state index < -0.39 is 15.7 Å². The molecule has 5 nitrogen and oxygen atoms in total. The van der Waals surface area contributed by atoms with E-state index in [1.54, 1.807) is 12.1 Å². The number of imidazole rings is 1. The van der Waals surface area contributed by atoms with Crippen LogP contribution >= 0.6 is 0 Å². The molecule has 1 aromatic heterocycles. The highest BCUT2D eigenvalue weighted by atomic mass is 32.2. The van der Waals surface area contributed by atoms with E-state index in [2.05, 4.69) is 9.97 Å². The SMILES string of the molecule is CS(=O)(=O)c1cccc2[nH]c(-c3ccc(F)c(N)c3)nc12. The summed E-state index contributed by atoms with van der Waals surface area (Å²) < 4.78 is 36.7. The molecule has 2 aromatic carbocycles. The van der Waals surface area contributed by atoms with Crippen LogP contribution in [0.25, 0.3) is 22.4 Å². The molecule has 0 saturated heterocycles. The number of halogens is 1. The van der Waals surface area contributed by atoms with Gasteiger partial charge in [-0.3, -0.25) is 0 Å². The lowest BCUT2D eigenvalue weighted by Gasteiger charge is -1.99. The number of nitrogen functional groups attached to an aromatic ring is 1. The summed E-state index contributed by atoms with van der Waals surface area (Å²) in [5, 5.41) is 0. The molecule has 21 heavy (non-hydrogen) atoms. The van der Waals surface area contributed by atoms with E-state index in [1.807, 2.05) is 0 Å². The number of nitrogens with two attached hydrogens (primary N) is 1. The number of para-hydroxylation sites is 1. The van der Waals surface area contributed by atoms with Crippen LogP contribution in [0.15, 0.2) is 41.3 Å². The van der Waals surface area contributed by atoms with Gasteiger partial charge in [-0.05, 0) is 30.3 Å². The van der Waals surface area contributed by atoms with Gasteiger partial charge in [0, 0.05) is 11.8 Å². The van der Waals surface area contributed by atoms with Crippen molar-refractivity contribution in [2.45, 2.75) is 4.90 Å². The second kappa shape index (κ2) is 4.56. The number of hydrogen-bond acceptors (Lipinski definition) is 4. The van der Waals surface area contributed by atoms with Gasteiger partial charge >= 0.3 is 0 Å². The summed E-state index contributed by atoms with van der Waals surface area (Å²) in [5.74, 6) is -0.0699. The van der Waals surface area contributed by atoms with E-state index in [1.165, 1.54) is 24.3 Å². The van der Waals surface area contributed by atoms with Crippen LogP contribution in [0.2, 0.25) is 0 Å². The number of aromatic nitrogens is 2. The third-order valence-electron chi connectivity index (χ3n) is 3.14. The summed E-state index contributed by atoms with van der Waals surface area (Å²) in [6.45, 7) is 0. The average molecular weight is 305 g/mol. The second-order valence-corrected chi connectivity index (χ2v) is 6.73. The molecule has 3 rings (SSSR count). The highest BCUT2D eigenvalue weighted by Gasteiger charge is 2.16. The van der Waals surface area contributed by atoms with E-state index in [4.69, 9.17) is 5.73 Å². The number of anilines is 1. The molecular formula is C14H12FN3O2S. The van der Waals surface area contributed by atoms with Gasteiger partial charge in [0.05, 0.1) is 16.1 Å². The molecule has 0 radical (unpaired) electrons. The first-order valence-corrected chi connectivity index (χ1v) is 7.99. The number of rotatable bonds is 2. The Bertz CT molecular complexity index is 948. The molecule has 3 N–H and O–H groups in total. The molecule has 0 atom stereocenters. The van der Waals surface area contributed by atoms with Gasteiger partial charge in [0.25, 0.3) is 0 Å². The van der Waals surface area contributed by atoms with E-state index >= 15 is 0 Å².